The van der Waals surface area contributed by atoms with E-state index in [0.29, 0.717) is 6.61 Å². The highest BCUT2D eigenvalue weighted by Crippen LogP contribution is 2.30. The minimum atomic E-state index is -4.23. The normalized spacial score (nSPS) is 12.4. The van der Waals surface area contributed by atoms with Crippen molar-refractivity contribution in [3.05, 3.63) is 18.2 Å². The van der Waals surface area contributed by atoms with Crippen LogP contribution in [0.25, 0.3) is 0 Å². The summed E-state index contributed by atoms with van der Waals surface area (Å²) in [6, 6.07) is 3.34. The third-order valence-electron chi connectivity index (χ3n) is 1.75. The molecule has 0 saturated heterocycles. The molecule has 1 aromatic rings. The molecule has 0 aliphatic rings. The summed E-state index contributed by atoms with van der Waals surface area (Å²) in [5, 5.41) is 0. The van der Waals surface area contributed by atoms with Crippen molar-refractivity contribution in [2.75, 3.05) is 6.61 Å². The van der Waals surface area contributed by atoms with Crippen molar-refractivity contribution in [2.45, 2.75) is 16.7 Å². The molecule has 0 N–H and O–H groups in total. The molecular formula is C8H8Cl2O5S2. The maximum absolute atomic E-state index is 11.2. The third kappa shape index (κ3) is 3.74. The molecule has 0 heterocycles. The second-order valence-electron chi connectivity index (χ2n) is 2.92. The monoisotopic (exact) mass is 318 g/mol. The Kier molecular flexibility index (Phi) is 4.29. The molecule has 0 bridgehead atoms. The van der Waals surface area contributed by atoms with Gasteiger partial charge in [0.05, 0.1) is 6.61 Å². The Morgan fingerprint density at radius 1 is 1.06 bits per heavy atom. The van der Waals surface area contributed by atoms with E-state index in [2.05, 4.69) is 0 Å². The van der Waals surface area contributed by atoms with Gasteiger partial charge in [-0.15, -0.1) is 0 Å². The molecule has 0 saturated carbocycles. The number of hydrogen-bond donors (Lipinski definition) is 0. The summed E-state index contributed by atoms with van der Waals surface area (Å²) in [6.07, 6.45) is 0. The van der Waals surface area contributed by atoms with Crippen LogP contribution in [0.4, 0.5) is 0 Å². The van der Waals surface area contributed by atoms with Gasteiger partial charge in [0.1, 0.15) is 15.5 Å². The lowest BCUT2D eigenvalue weighted by Crippen LogP contribution is -2.02. The van der Waals surface area contributed by atoms with Gasteiger partial charge >= 0.3 is 0 Å². The van der Waals surface area contributed by atoms with Crippen molar-refractivity contribution in [1.82, 2.24) is 0 Å². The van der Waals surface area contributed by atoms with E-state index >= 15 is 0 Å². The molecule has 0 aliphatic heterocycles. The maximum Gasteiger partial charge on any atom is 0.262 e. The molecule has 0 aliphatic carbocycles. The second kappa shape index (κ2) is 5.01. The Hall–Kier alpha value is -0.500. The molecule has 1 rings (SSSR count). The Morgan fingerprint density at radius 3 is 2.00 bits per heavy atom. The van der Waals surface area contributed by atoms with E-state index in [1.54, 1.807) is 6.92 Å². The van der Waals surface area contributed by atoms with E-state index in [4.69, 9.17) is 26.1 Å². The quantitative estimate of drug-likeness (QED) is 0.793. The topological polar surface area (TPSA) is 77.5 Å². The van der Waals surface area contributed by atoms with Gasteiger partial charge in [-0.3, -0.25) is 0 Å². The van der Waals surface area contributed by atoms with E-state index in [9.17, 15) is 16.8 Å². The Balaban J connectivity index is 3.55. The fourth-order valence-electron chi connectivity index (χ4n) is 1.14. The van der Waals surface area contributed by atoms with Crippen molar-refractivity contribution in [3.8, 4) is 5.75 Å². The molecule has 0 aromatic heterocycles. The average Bonchev–Trinajstić information content (AvgIpc) is 2.15. The summed E-state index contributed by atoms with van der Waals surface area (Å²) in [5.41, 5.74) is 0. The fourth-order valence-corrected chi connectivity index (χ4v) is 3.95. The zero-order valence-corrected chi connectivity index (χ0v) is 11.7. The molecule has 0 spiro atoms. The Morgan fingerprint density at radius 2 is 1.59 bits per heavy atom. The summed E-state index contributed by atoms with van der Waals surface area (Å²) in [7, 11) is 1.82. The average molecular weight is 319 g/mol. The standard InChI is InChI=1S/C8H8Cl2O5S2/c1-2-15-6-3-4-7(16(9,11)12)8(5-6)17(10,13)14/h3-5H,2H2,1H3. The van der Waals surface area contributed by atoms with Gasteiger partial charge in [0.2, 0.25) is 0 Å². The summed E-state index contributed by atoms with van der Waals surface area (Å²) in [4.78, 5) is -1.17. The number of rotatable bonds is 4. The zero-order valence-electron chi connectivity index (χ0n) is 8.55. The van der Waals surface area contributed by atoms with Gasteiger partial charge in [0.25, 0.3) is 18.1 Å². The van der Waals surface area contributed by atoms with Crippen molar-refractivity contribution in [2.24, 2.45) is 0 Å². The molecule has 0 fully saturated rings. The molecule has 0 amide bonds. The lowest BCUT2D eigenvalue weighted by Gasteiger charge is -2.07. The summed E-state index contributed by atoms with van der Waals surface area (Å²) < 4.78 is 49.9. The van der Waals surface area contributed by atoms with Crippen molar-refractivity contribution < 1.29 is 21.6 Å². The first-order chi connectivity index (χ1) is 7.66. The lowest BCUT2D eigenvalue weighted by molar-refractivity contribution is 0.339. The first-order valence-electron chi connectivity index (χ1n) is 4.32. The number of ether oxygens (including phenoxy) is 1. The molecular weight excluding hydrogens is 311 g/mol. The SMILES string of the molecule is CCOc1ccc(S(=O)(=O)Cl)c(S(=O)(=O)Cl)c1. The summed E-state index contributed by atoms with van der Waals surface area (Å²) in [5.74, 6) is 0.191. The first kappa shape index (κ1) is 14.6. The summed E-state index contributed by atoms with van der Waals surface area (Å²) >= 11 is 0. The Bertz CT molecular complexity index is 621. The van der Waals surface area contributed by atoms with Crippen LogP contribution in [0.1, 0.15) is 6.92 Å². The minimum Gasteiger partial charge on any atom is -0.494 e. The van der Waals surface area contributed by atoms with Gasteiger partial charge in [-0.1, -0.05) is 0 Å². The van der Waals surface area contributed by atoms with Crippen LogP contribution >= 0.6 is 21.4 Å². The van der Waals surface area contributed by atoms with Gasteiger partial charge in [-0.2, -0.15) is 0 Å². The van der Waals surface area contributed by atoms with Crippen LogP contribution in [-0.2, 0) is 18.1 Å². The maximum atomic E-state index is 11.2. The molecule has 0 radical (unpaired) electrons. The molecule has 17 heavy (non-hydrogen) atoms. The molecule has 1 aromatic carbocycles. The lowest BCUT2D eigenvalue weighted by atomic mass is 10.3. The van der Waals surface area contributed by atoms with Crippen LogP contribution in [0, 0.1) is 0 Å². The predicted molar refractivity (Wildman–Crippen MR) is 63.7 cm³/mol. The molecule has 96 valence electrons. The predicted octanol–water partition coefficient (Wildman–Crippen LogP) is 1.94. The van der Waals surface area contributed by atoms with Crippen molar-refractivity contribution in [1.29, 1.82) is 0 Å². The van der Waals surface area contributed by atoms with E-state index < -0.39 is 27.9 Å². The number of halogens is 2. The van der Waals surface area contributed by atoms with Gasteiger partial charge in [-0.05, 0) is 19.1 Å². The van der Waals surface area contributed by atoms with Gasteiger partial charge in [0, 0.05) is 27.4 Å². The van der Waals surface area contributed by atoms with Crippen molar-refractivity contribution >= 4 is 39.5 Å². The molecule has 5 nitrogen and oxygen atoms in total. The first-order valence-corrected chi connectivity index (χ1v) is 8.94. The third-order valence-corrected chi connectivity index (χ3v) is 4.62. The highest BCUT2D eigenvalue weighted by Gasteiger charge is 2.24. The summed E-state index contributed by atoms with van der Waals surface area (Å²) in [6.45, 7) is 2.00. The number of hydrogen-bond acceptors (Lipinski definition) is 5. The van der Waals surface area contributed by atoms with E-state index in [0.717, 1.165) is 12.1 Å². The van der Waals surface area contributed by atoms with Gasteiger partial charge < -0.3 is 4.74 Å². The van der Waals surface area contributed by atoms with Crippen LogP contribution in [0.5, 0.6) is 5.75 Å². The van der Waals surface area contributed by atoms with Crippen LogP contribution in [0.15, 0.2) is 28.0 Å². The molecule has 9 heteroatoms. The van der Waals surface area contributed by atoms with Crippen molar-refractivity contribution in [3.63, 3.8) is 0 Å². The van der Waals surface area contributed by atoms with Gasteiger partial charge in [0.15, 0.2) is 0 Å². The number of benzene rings is 1. The van der Waals surface area contributed by atoms with E-state index in [-0.39, 0.29) is 5.75 Å². The smallest absolute Gasteiger partial charge is 0.262 e. The second-order valence-corrected chi connectivity index (χ2v) is 7.99. The Labute approximate surface area is 108 Å². The minimum absolute atomic E-state index is 0.191. The van der Waals surface area contributed by atoms with Crippen LogP contribution < -0.4 is 4.74 Å². The fraction of sp³-hybridized carbons (Fsp3) is 0.250. The molecule has 0 unspecified atom stereocenters. The zero-order chi connectivity index (χ0) is 13.3. The largest absolute Gasteiger partial charge is 0.494 e. The highest BCUT2D eigenvalue weighted by atomic mass is 35.7. The highest BCUT2D eigenvalue weighted by molar-refractivity contribution is 8.16. The van der Waals surface area contributed by atoms with Crippen LogP contribution in [-0.4, -0.2) is 23.4 Å². The van der Waals surface area contributed by atoms with Crippen LogP contribution in [0.2, 0.25) is 0 Å². The van der Waals surface area contributed by atoms with Gasteiger partial charge in [-0.25, -0.2) is 16.8 Å². The van der Waals surface area contributed by atoms with E-state index in [1.807, 2.05) is 0 Å². The van der Waals surface area contributed by atoms with E-state index in [1.165, 1.54) is 6.07 Å². The van der Waals surface area contributed by atoms with Crippen LogP contribution in [0.3, 0.4) is 0 Å². The molecule has 0 atom stereocenters.